The molecule has 1 heterocycles. The second-order valence-corrected chi connectivity index (χ2v) is 6.47. The van der Waals surface area contributed by atoms with Crippen LogP contribution >= 0.6 is 15.9 Å². The van der Waals surface area contributed by atoms with Crippen LogP contribution in [0.5, 0.6) is 0 Å². The van der Waals surface area contributed by atoms with Crippen LogP contribution in [0.3, 0.4) is 0 Å². The second-order valence-electron chi connectivity index (χ2n) is 5.55. The van der Waals surface area contributed by atoms with Crippen molar-refractivity contribution in [3.8, 4) is 0 Å². The zero-order valence-corrected chi connectivity index (χ0v) is 14.0. The van der Waals surface area contributed by atoms with Gasteiger partial charge in [0.25, 0.3) is 0 Å². The fourth-order valence-corrected chi connectivity index (χ4v) is 3.15. The average molecular weight is 363 g/mol. The first-order valence-electron chi connectivity index (χ1n) is 7.59. The van der Waals surface area contributed by atoms with Crippen LogP contribution in [0.2, 0.25) is 0 Å². The molecule has 4 rings (SSSR count). The Bertz CT molecular complexity index is 851. The molecule has 0 bridgehead atoms. The SMILES string of the molecule is Brc1ccc(C2OC(c3ccccc3)=Cc3ccccc32)cc1. The summed E-state index contributed by atoms with van der Waals surface area (Å²) in [4.78, 5) is 0. The third-order valence-electron chi connectivity index (χ3n) is 4.04. The maximum atomic E-state index is 6.37. The van der Waals surface area contributed by atoms with E-state index in [9.17, 15) is 0 Å². The molecule has 3 aromatic rings. The molecule has 1 aliphatic heterocycles. The van der Waals surface area contributed by atoms with Crippen molar-refractivity contribution in [1.29, 1.82) is 0 Å². The average Bonchev–Trinajstić information content (AvgIpc) is 2.62. The van der Waals surface area contributed by atoms with Crippen molar-refractivity contribution in [2.45, 2.75) is 6.10 Å². The lowest BCUT2D eigenvalue weighted by Gasteiger charge is -2.27. The van der Waals surface area contributed by atoms with Crippen molar-refractivity contribution < 1.29 is 4.74 Å². The monoisotopic (exact) mass is 362 g/mol. The maximum absolute atomic E-state index is 6.37. The van der Waals surface area contributed by atoms with Crippen LogP contribution in [-0.4, -0.2) is 0 Å². The molecule has 1 unspecified atom stereocenters. The quantitative estimate of drug-likeness (QED) is 0.537. The number of hydrogen-bond donors (Lipinski definition) is 0. The van der Waals surface area contributed by atoms with Gasteiger partial charge in [0, 0.05) is 15.6 Å². The molecule has 1 aliphatic rings. The molecule has 0 saturated carbocycles. The van der Waals surface area contributed by atoms with Gasteiger partial charge < -0.3 is 4.74 Å². The van der Waals surface area contributed by atoms with E-state index in [1.54, 1.807) is 0 Å². The van der Waals surface area contributed by atoms with E-state index in [1.807, 2.05) is 18.2 Å². The molecule has 0 amide bonds. The third-order valence-corrected chi connectivity index (χ3v) is 4.57. The minimum absolute atomic E-state index is 0.0838. The molecule has 0 fully saturated rings. The van der Waals surface area contributed by atoms with Crippen LogP contribution in [-0.2, 0) is 4.74 Å². The highest BCUT2D eigenvalue weighted by molar-refractivity contribution is 9.10. The van der Waals surface area contributed by atoms with Gasteiger partial charge in [-0.25, -0.2) is 0 Å². The summed E-state index contributed by atoms with van der Waals surface area (Å²) < 4.78 is 7.44. The molecule has 0 radical (unpaired) electrons. The topological polar surface area (TPSA) is 9.23 Å². The van der Waals surface area contributed by atoms with Crippen molar-refractivity contribution in [3.05, 3.63) is 106 Å². The summed E-state index contributed by atoms with van der Waals surface area (Å²) in [5, 5.41) is 0. The lowest BCUT2D eigenvalue weighted by molar-refractivity contribution is 0.206. The van der Waals surface area contributed by atoms with Gasteiger partial charge in [-0.2, -0.15) is 0 Å². The summed E-state index contributed by atoms with van der Waals surface area (Å²) in [7, 11) is 0. The lowest BCUT2D eigenvalue weighted by Crippen LogP contribution is -2.11. The molecule has 0 aliphatic carbocycles. The lowest BCUT2D eigenvalue weighted by atomic mass is 9.93. The zero-order valence-electron chi connectivity index (χ0n) is 12.4. The van der Waals surface area contributed by atoms with Crippen LogP contribution in [0.25, 0.3) is 11.8 Å². The predicted octanol–water partition coefficient (Wildman–Crippen LogP) is 6.07. The Morgan fingerprint density at radius 3 is 2.22 bits per heavy atom. The highest BCUT2D eigenvalue weighted by atomic mass is 79.9. The first-order chi connectivity index (χ1) is 11.3. The molecule has 1 atom stereocenters. The van der Waals surface area contributed by atoms with Crippen molar-refractivity contribution in [3.63, 3.8) is 0 Å². The number of benzene rings is 3. The third kappa shape index (κ3) is 2.82. The fourth-order valence-electron chi connectivity index (χ4n) is 2.89. The first kappa shape index (κ1) is 14.3. The van der Waals surface area contributed by atoms with Gasteiger partial charge in [0.05, 0.1) is 0 Å². The zero-order chi connectivity index (χ0) is 15.6. The Balaban J connectivity index is 1.82. The molecule has 2 heteroatoms. The second kappa shape index (κ2) is 6.05. The Kier molecular flexibility index (Phi) is 3.76. The molecule has 0 N–H and O–H groups in total. The summed E-state index contributed by atoms with van der Waals surface area (Å²) in [5.74, 6) is 0.914. The molecular formula is C21H15BrO. The predicted molar refractivity (Wildman–Crippen MR) is 97.8 cm³/mol. The van der Waals surface area contributed by atoms with Crippen molar-refractivity contribution in [1.82, 2.24) is 0 Å². The normalized spacial score (nSPS) is 16.2. The van der Waals surface area contributed by atoms with Crippen LogP contribution in [0.15, 0.2) is 83.3 Å². The van der Waals surface area contributed by atoms with E-state index in [2.05, 4.69) is 82.7 Å². The van der Waals surface area contributed by atoms with Crippen LogP contribution in [0.1, 0.15) is 28.4 Å². The molecule has 1 nitrogen and oxygen atoms in total. The molecule has 112 valence electrons. The number of hydrogen-bond acceptors (Lipinski definition) is 1. The van der Waals surface area contributed by atoms with E-state index >= 15 is 0 Å². The van der Waals surface area contributed by atoms with Gasteiger partial charge in [0.1, 0.15) is 11.9 Å². The standard InChI is InChI=1S/C21H15BrO/c22-18-12-10-16(11-13-18)21-19-9-5-4-8-17(19)14-20(23-21)15-6-2-1-3-7-15/h1-14,21H. The number of fused-ring (bicyclic) bond motifs is 1. The van der Waals surface area contributed by atoms with E-state index in [1.165, 1.54) is 11.1 Å². The molecule has 0 aromatic heterocycles. The van der Waals surface area contributed by atoms with Gasteiger partial charge in [0.15, 0.2) is 0 Å². The Morgan fingerprint density at radius 1 is 0.739 bits per heavy atom. The maximum Gasteiger partial charge on any atom is 0.149 e. The van der Waals surface area contributed by atoms with Crippen LogP contribution < -0.4 is 0 Å². The number of rotatable bonds is 2. The minimum Gasteiger partial charge on any atom is -0.480 e. The van der Waals surface area contributed by atoms with Gasteiger partial charge in [-0.15, -0.1) is 0 Å². The van der Waals surface area contributed by atoms with E-state index in [0.717, 1.165) is 21.4 Å². The molecule has 0 spiro atoms. The van der Waals surface area contributed by atoms with E-state index in [0.29, 0.717) is 0 Å². The summed E-state index contributed by atoms with van der Waals surface area (Å²) in [6.07, 6.45) is 2.04. The number of halogens is 1. The van der Waals surface area contributed by atoms with E-state index in [-0.39, 0.29) is 6.10 Å². The van der Waals surface area contributed by atoms with Gasteiger partial charge in [-0.05, 0) is 29.3 Å². The van der Waals surface area contributed by atoms with Crippen molar-refractivity contribution >= 4 is 27.8 Å². The van der Waals surface area contributed by atoms with Crippen LogP contribution in [0, 0.1) is 0 Å². The summed E-state index contributed by atoms with van der Waals surface area (Å²) in [5.41, 5.74) is 4.67. The fraction of sp³-hybridized carbons (Fsp3) is 0.0476. The summed E-state index contributed by atoms with van der Waals surface area (Å²) in [6.45, 7) is 0. The summed E-state index contributed by atoms with van der Waals surface area (Å²) in [6, 6.07) is 27.0. The largest absolute Gasteiger partial charge is 0.480 e. The van der Waals surface area contributed by atoms with E-state index < -0.39 is 0 Å². The van der Waals surface area contributed by atoms with Gasteiger partial charge in [-0.3, -0.25) is 0 Å². The first-order valence-corrected chi connectivity index (χ1v) is 8.39. The van der Waals surface area contributed by atoms with Gasteiger partial charge in [-0.1, -0.05) is 82.7 Å². The highest BCUT2D eigenvalue weighted by Crippen LogP contribution is 2.39. The molecule has 3 aromatic carbocycles. The van der Waals surface area contributed by atoms with Crippen LogP contribution in [0.4, 0.5) is 0 Å². The Morgan fingerprint density at radius 2 is 1.43 bits per heavy atom. The minimum atomic E-state index is -0.0838. The van der Waals surface area contributed by atoms with Crippen molar-refractivity contribution in [2.75, 3.05) is 0 Å². The summed E-state index contributed by atoms with van der Waals surface area (Å²) >= 11 is 3.50. The van der Waals surface area contributed by atoms with Gasteiger partial charge in [0.2, 0.25) is 0 Å². The smallest absolute Gasteiger partial charge is 0.149 e. The van der Waals surface area contributed by atoms with E-state index in [4.69, 9.17) is 4.74 Å². The molecular weight excluding hydrogens is 348 g/mol. The number of ether oxygens (including phenoxy) is 1. The Labute approximate surface area is 144 Å². The highest BCUT2D eigenvalue weighted by Gasteiger charge is 2.24. The van der Waals surface area contributed by atoms with Crippen molar-refractivity contribution in [2.24, 2.45) is 0 Å². The molecule has 23 heavy (non-hydrogen) atoms. The molecule has 0 saturated heterocycles. The van der Waals surface area contributed by atoms with Gasteiger partial charge >= 0.3 is 0 Å². The Hall–Kier alpha value is -2.32.